The minimum atomic E-state index is -0.503. The highest BCUT2D eigenvalue weighted by molar-refractivity contribution is 5.94. The molecule has 7 heteroatoms. The molecule has 0 bridgehead atoms. The number of aromatic nitrogens is 2. The Hall–Kier alpha value is -3.48. The van der Waals surface area contributed by atoms with E-state index in [0.717, 1.165) is 15.8 Å². The van der Waals surface area contributed by atoms with Crippen molar-refractivity contribution in [2.45, 2.75) is 13.5 Å². The van der Waals surface area contributed by atoms with E-state index in [4.69, 9.17) is 4.74 Å². The van der Waals surface area contributed by atoms with Crippen LogP contribution >= 0.6 is 0 Å². The fraction of sp³-hybridized carbons (Fsp3) is 0.150. The lowest BCUT2D eigenvalue weighted by Gasteiger charge is -2.11. The summed E-state index contributed by atoms with van der Waals surface area (Å²) in [6.45, 7) is 2.12. The third kappa shape index (κ3) is 4.20. The van der Waals surface area contributed by atoms with Gasteiger partial charge in [0, 0.05) is 6.54 Å². The zero-order valence-electron chi connectivity index (χ0n) is 14.9. The SMILES string of the molecule is COc1cc(=O)n(-c2ccc(C)cc2)nc1C(=O)NCc1ccc(F)cc1. The summed E-state index contributed by atoms with van der Waals surface area (Å²) in [6, 6.07) is 14.2. The number of carbonyl (C=O) groups is 1. The molecule has 138 valence electrons. The molecule has 0 fully saturated rings. The van der Waals surface area contributed by atoms with E-state index in [1.165, 1.54) is 25.3 Å². The summed E-state index contributed by atoms with van der Waals surface area (Å²) in [6.07, 6.45) is 0. The van der Waals surface area contributed by atoms with Crippen LogP contribution in [0.15, 0.2) is 59.4 Å². The predicted molar refractivity (Wildman–Crippen MR) is 98.7 cm³/mol. The van der Waals surface area contributed by atoms with Gasteiger partial charge in [-0.2, -0.15) is 9.78 Å². The lowest BCUT2D eigenvalue weighted by atomic mass is 10.2. The smallest absolute Gasteiger partial charge is 0.275 e. The van der Waals surface area contributed by atoms with Crippen LogP contribution in [0.3, 0.4) is 0 Å². The first kappa shape index (κ1) is 18.3. The molecule has 1 heterocycles. The first-order valence-electron chi connectivity index (χ1n) is 8.26. The first-order valence-corrected chi connectivity index (χ1v) is 8.26. The number of rotatable bonds is 5. The monoisotopic (exact) mass is 367 g/mol. The molecular formula is C20H18FN3O3. The Labute approximate surface area is 155 Å². The average Bonchev–Trinajstić information content (AvgIpc) is 2.68. The highest BCUT2D eigenvalue weighted by Crippen LogP contribution is 2.15. The summed E-state index contributed by atoms with van der Waals surface area (Å²) < 4.78 is 19.3. The first-order chi connectivity index (χ1) is 13.0. The lowest BCUT2D eigenvalue weighted by molar-refractivity contribution is 0.0940. The average molecular weight is 367 g/mol. The molecule has 0 spiro atoms. The van der Waals surface area contributed by atoms with Crippen LogP contribution in [0.5, 0.6) is 5.75 Å². The molecule has 1 amide bonds. The highest BCUT2D eigenvalue weighted by atomic mass is 19.1. The zero-order chi connectivity index (χ0) is 19.4. The van der Waals surface area contributed by atoms with Gasteiger partial charge in [0.15, 0.2) is 11.4 Å². The molecule has 1 N–H and O–H groups in total. The minimum absolute atomic E-state index is 0.0141. The molecule has 3 rings (SSSR count). The van der Waals surface area contributed by atoms with E-state index < -0.39 is 11.5 Å². The second kappa shape index (κ2) is 7.82. The standard InChI is InChI=1S/C20H18FN3O3/c1-13-3-9-16(10-4-13)24-18(25)11-17(27-2)19(23-24)20(26)22-12-14-5-7-15(21)8-6-14/h3-11H,12H2,1-2H3,(H,22,26). The third-order valence-corrected chi connectivity index (χ3v) is 3.98. The van der Waals surface area contributed by atoms with Crippen LogP contribution in [0.4, 0.5) is 4.39 Å². The Morgan fingerprint density at radius 3 is 2.44 bits per heavy atom. The van der Waals surface area contributed by atoms with Crippen LogP contribution < -0.4 is 15.6 Å². The maximum atomic E-state index is 13.0. The number of carbonyl (C=O) groups excluding carboxylic acids is 1. The van der Waals surface area contributed by atoms with Crippen molar-refractivity contribution in [3.05, 3.63) is 87.6 Å². The number of hydrogen-bond donors (Lipinski definition) is 1. The van der Waals surface area contributed by atoms with Crippen molar-refractivity contribution in [2.24, 2.45) is 0 Å². The van der Waals surface area contributed by atoms with Crippen LogP contribution in [0.25, 0.3) is 5.69 Å². The van der Waals surface area contributed by atoms with Gasteiger partial charge in [0.25, 0.3) is 11.5 Å². The number of hydrogen-bond acceptors (Lipinski definition) is 4. The lowest BCUT2D eigenvalue weighted by Crippen LogP contribution is -2.29. The number of halogens is 1. The van der Waals surface area contributed by atoms with E-state index in [-0.39, 0.29) is 23.8 Å². The molecule has 3 aromatic rings. The van der Waals surface area contributed by atoms with Crippen LogP contribution in [0.2, 0.25) is 0 Å². The number of methoxy groups -OCH3 is 1. The molecule has 0 radical (unpaired) electrons. The number of aryl methyl sites for hydroxylation is 1. The summed E-state index contributed by atoms with van der Waals surface area (Å²) in [5, 5.41) is 6.87. The maximum Gasteiger partial charge on any atom is 0.275 e. The molecule has 1 aromatic heterocycles. The van der Waals surface area contributed by atoms with Crippen molar-refractivity contribution in [3.8, 4) is 11.4 Å². The fourth-order valence-corrected chi connectivity index (χ4v) is 2.49. The topological polar surface area (TPSA) is 73.2 Å². The largest absolute Gasteiger partial charge is 0.494 e. The number of benzene rings is 2. The van der Waals surface area contributed by atoms with Crippen molar-refractivity contribution in [1.82, 2.24) is 15.1 Å². The van der Waals surface area contributed by atoms with E-state index >= 15 is 0 Å². The van der Waals surface area contributed by atoms with Crippen LogP contribution in [0.1, 0.15) is 21.6 Å². The zero-order valence-corrected chi connectivity index (χ0v) is 14.9. The number of ether oxygens (including phenoxy) is 1. The molecule has 0 atom stereocenters. The van der Waals surface area contributed by atoms with Crippen molar-refractivity contribution in [2.75, 3.05) is 7.11 Å². The Balaban J connectivity index is 1.89. The van der Waals surface area contributed by atoms with E-state index in [9.17, 15) is 14.0 Å². The van der Waals surface area contributed by atoms with Crippen LogP contribution in [-0.2, 0) is 6.54 Å². The molecule has 27 heavy (non-hydrogen) atoms. The Bertz CT molecular complexity index is 1010. The Kier molecular flexibility index (Phi) is 5.30. The summed E-state index contributed by atoms with van der Waals surface area (Å²) in [7, 11) is 1.36. The number of amides is 1. The molecule has 0 aliphatic carbocycles. The molecule has 0 saturated heterocycles. The van der Waals surface area contributed by atoms with Crippen molar-refractivity contribution in [1.29, 1.82) is 0 Å². The second-order valence-corrected chi connectivity index (χ2v) is 5.96. The maximum absolute atomic E-state index is 13.0. The van der Waals surface area contributed by atoms with Crippen molar-refractivity contribution >= 4 is 5.91 Å². The predicted octanol–water partition coefficient (Wildman–Crippen LogP) is 2.62. The molecular weight excluding hydrogens is 349 g/mol. The van der Waals surface area contributed by atoms with E-state index in [1.807, 2.05) is 19.1 Å². The van der Waals surface area contributed by atoms with Crippen LogP contribution in [0, 0.1) is 12.7 Å². The molecule has 0 aliphatic rings. The molecule has 2 aromatic carbocycles. The summed E-state index contributed by atoms with van der Waals surface area (Å²) in [4.78, 5) is 24.9. The van der Waals surface area contributed by atoms with Crippen LogP contribution in [-0.4, -0.2) is 22.8 Å². The van der Waals surface area contributed by atoms with Crippen molar-refractivity contribution in [3.63, 3.8) is 0 Å². The van der Waals surface area contributed by atoms with E-state index in [1.54, 1.807) is 24.3 Å². The van der Waals surface area contributed by atoms with Gasteiger partial charge < -0.3 is 10.1 Å². The quantitative estimate of drug-likeness (QED) is 0.752. The highest BCUT2D eigenvalue weighted by Gasteiger charge is 2.18. The normalized spacial score (nSPS) is 10.5. The molecule has 0 saturated carbocycles. The Morgan fingerprint density at radius 2 is 1.81 bits per heavy atom. The number of nitrogens with one attached hydrogen (secondary N) is 1. The van der Waals surface area contributed by atoms with Gasteiger partial charge in [0.1, 0.15) is 5.82 Å². The Morgan fingerprint density at radius 1 is 1.15 bits per heavy atom. The van der Waals surface area contributed by atoms with Gasteiger partial charge in [0.2, 0.25) is 0 Å². The van der Waals surface area contributed by atoms with Gasteiger partial charge in [-0.15, -0.1) is 0 Å². The number of nitrogens with zero attached hydrogens (tertiary/aromatic N) is 2. The van der Waals surface area contributed by atoms with Gasteiger partial charge in [-0.25, -0.2) is 4.39 Å². The summed E-state index contributed by atoms with van der Waals surface area (Å²) in [5.41, 5.74) is 1.89. The fourth-order valence-electron chi connectivity index (χ4n) is 2.49. The van der Waals surface area contributed by atoms with E-state index in [0.29, 0.717) is 5.69 Å². The van der Waals surface area contributed by atoms with Gasteiger partial charge in [-0.05, 0) is 36.8 Å². The summed E-state index contributed by atoms with van der Waals surface area (Å²) in [5.74, 6) is -0.768. The summed E-state index contributed by atoms with van der Waals surface area (Å²) >= 11 is 0. The van der Waals surface area contributed by atoms with Crippen molar-refractivity contribution < 1.29 is 13.9 Å². The minimum Gasteiger partial charge on any atom is -0.494 e. The van der Waals surface area contributed by atoms with E-state index in [2.05, 4.69) is 10.4 Å². The second-order valence-electron chi connectivity index (χ2n) is 5.96. The molecule has 6 nitrogen and oxygen atoms in total. The van der Waals surface area contributed by atoms with Gasteiger partial charge in [0.05, 0.1) is 18.9 Å². The van der Waals surface area contributed by atoms with Gasteiger partial charge in [-0.1, -0.05) is 29.8 Å². The van der Waals surface area contributed by atoms with Gasteiger partial charge >= 0.3 is 0 Å². The molecule has 0 unspecified atom stereocenters. The third-order valence-electron chi connectivity index (χ3n) is 3.98. The molecule has 0 aliphatic heterocycles. The van der Waals surface area contributed by atoms with Gasteiger partial charge in [-0.3, -0.25) is 9.59 Å².